The largest absolute Gasteiger partial charge is 0.369 e. The van der Waals surface area contributed by atoms with E-state index in [1.807, 2.05) is 18.2 Å². The van der Waals surface area contributed by atoms with Crippen molar-refractivity contribution in [1.29, 1.82) is 0 Å². The maximum atomic E-state index is 13.3. The highest BCUT2D eigenvalue weighted by Crippen LogP contribution is 2.24. The van der Waals surface area contributed by atoms with Crippen molar-refractivity contribution in [3.63, 3.8) is 0 Å². The van der Waals surface area contributed by atoms with Gasteiger partial charge in [-0.1, -0.05) is 29.8 Å². The Kier molecular flexibility index (Phi) is 6.68. The fourth-order valence-electron chi connectivity index (χ4n) is 3.68. The van der Waals surface area contributed by atoms with Gasteiger partial charge in [0.15, 0.2) is 0 Å². The van der Waals surface area contributed by atoms with Crippen molar-refractivity contribution in [3.05, 3.63) is 76.7 Å². The van der Waals surface area contributed by atoms with E-state index < -0.39 is 15.9 Å². The molecule has 0 unspecified atom stereocenters. The zero-order valence-corrected chi connectivity index (χ0v) is 19.5. The van der Waals surface area contributed by atoms with E-state index in [1.54, 1.807) is 25.2 Å². The molecular weight excluding hydrogens is 469 g/mol. The number of aromatic nitrogens is 2. The van der Waals surface area contributed by atoms with Gasteiger partial charge in [-0.05, 0) is 35.9 Å². The second kappa shape index (κ2) is 9.50. The average Bonchev–Trinajstić information content (AvgIpc) is 3.21. The van der Waals surface area contributed by atoms with Crippen LogP contribution >= 0.6 is 11.6 Å². The van der Waals surface area contributed by atoms with Gasteiger partial charge in [-0.3, -0.25) is 9.48 Å². The second-order valence-electron chi connectivity index (χ2n) is 7.70. The van der Waals surface area contributed by atoms with Gasteiger partial charge in [0.1, 0.15) is 5.82 Å². The number of rotatable bonds is 6. The molecule has 1 aliphatic rings. The van der Waals surface area contributed by atoms with Gasteiger partial charge in [0, 0.05) is 56.7 Å². The standard InChI is InChI=1S/C22H23ClFN5O3S/c1-27-15-20(21(30)25-14-16-5-7-18(24)8-6-16)22(26-27)33(31,32)29-11-9-28(10-12-29)19-4-2-3-17(23)13-19/h2-8,13,15H,9-12,14H2,1H3,(H,25,30). The van der Waals surface area contributed by atoms with Gasteiger partial charge in [0.25, 0.3) is 15.9 Å². The first-order valence-corrected chi connectivity index (χ1v) is 12.1. The predicted octanol–water partition coefficient (Wildman–Crippen LogP) is 2.65. The van der Waals surface area contributed by atoms with Crippen molar-refractivity contribution < 1.29 is 17.6 Å². The van der Waals surface area contributed by atoms with Gasteiger partial charge in [-0.15, -0.1) is 0 Å². The number of carbonyl (C=O) groups is 1. The van der Waals surface area contributed by atoms with E-state index in [2.05, 4.69) is 15.3 Å². The SMILES string of the molecule is Cn1cc(C(=O)NCc2ccc(F)cc2)c(S(=O)(=O)N2CCN(c3cccc(Cl)c3)CC2)n1. The van der Waals surface area contributed by atoms with Crippen LogP contribution in [0.25, 0.3) is 0 Å². The summed E-state index contributed by atoms with van der Waals surface area (Å²) in [7, 11) is -2.42. The lowest BCUT2D eigenvalue weighted by Gasteiger charge is -2.35. The summed E-state index contributed by atoms with van der Waals surface area (Å²) in [6.07, 6.45) is 1.38. The van der Waals surface area contributed by atoms with E-state index in [0.29, 0.717) is 23.7 Å². The molecule has 0 spiro atoms. The van der Waals surface area contributed by atoms with Gasteiger partial charge in [0.05, 0.1) is 5.56 Å². The van der Waals surface area contributed by atoms with E-state index >= 15 is 0 Å². The smallest absolute Gasteiger partial charge is 0.263 e. The first kappa shape index (κ1) is 23.2. The van der Waals surface area contributed by atoms with Crippen LogP contribution < -0.4 is 10.2 Å². The van der Waals surface area contributed by atoms with Crippen LogP contribution in [0.4, 0.5) is 10.1 Å². The molecule has 0 saturated carbocycles. The molecule has 4 rings (SSSR count). The fourth-order valence-corrected chi connectivity index (χ4v) is 5.40. The molecule has 11 heteroatoms. The molecule has 33 heavy (non-hydrogen) atoms. The molecule has 1 saturated heterocycles. The molecular formula is C22H23ClFN5O3S. The first-order chi connectivity index (χ1) is 15.7. The van der Waals surface area contributed by atoms with Crippen molar-refractivity contribution in [2.45, 2.75) is 11.6 Å². The number of hydrogen-bond donors (Lipinski definition) is 1. The van der Waals surface area contributed by atoms with Crippen LogP contribution in [0.1, 0.15) is 15.9 Å². The molecule has 1 aliphatic heterocycles. The molecule has 2 heterocycles. The summed E-state index contributed by atoms with van der Waals surface area (Å²) in [5.74, 6) is -0.940. The van der Waals surface area contributed by atoms with E-state index in [0.717, 1.165) is 5.69 Å². The van der Waals surface area contributed by atoms with Crippen molar-refractivity contribution in [2.24, 2.45) is 7.05 Å². The molecule has 174 valence electrons. The number of hydrogen-bond acceptors (Lipinski definition) is 5. The van der Waals surface area contributed by atoms with Crippen LogP contribution in [0.15, 0.2) is 59.8 Å². The third-order valence-electron chi connectivity index (χ3n) is 5.40. The quantitative estimate of drug-likeness (QED) is 0.573. The maximum Gasteiger partial charge on any atom is 0.263 e. The lowest BCUT2D eigenvalue weighted by molar-refractivity contribution is 0.0947. The highest BCUT2D eigenvalue weighted by atomic mass is 35.5. The van der Waals surface area contributed by atoms with Crippen molar-refractivity contribution >= 4 is 33.2 Å². The molecule has 0 radical (unpaired) electrons. The van der Waals surface area contributed by atoms with E-state index in [-0.39, 0.29) is 36.0 Å². The first-order valence-electron chi connectivity index (χ1n) is 10.3. The number of nitrogens with one attached hydrogen (secondary N) is 1. The molecule has 1 N–H and O–H groups in total. The third-order valence-corrected chi connectivity index (χ3v) is 7.47. The average molecular weight is 492 g/mol. The number of benzene rings is 2. The van der Waals surface area contributed by atoms with Crippen molar-refractivity contribution in [1.82, 2.24) is 19.4 Å². The Bertz CT molecular complexity index is 1260. The fraction of sp³-hybridized carbons (Fsp3) is 0.273. The summed E-state index contributed by atoms with van der Waals surface area (Å²) in [4.78, 5) is 14.8. The summed E-state index contributed by atoms with van der Waals surface area (Å²) in [5.41, 5.74) is 1.59. The Balaban J connectivity index is 1.47. The normalized spacial score (nSPS) is 14.9. The van der Waals surface area contributed by atoms with Crippen LogP contribution in [0, 0.1) is 5.82 Å². The van der Waals surface area contributed by atoms with Crippen LogP contribution in [0.5, 0.6) is 0 Å². The summed E-state index contributed by atoms with van der Waals surface area (Å²) < 4.78 is 42.4. The summed E-state index contributed by atoms with van der Waals surface area (Å²) in [6.45, 7) is 1.60. The van der Waals surface area contributed by atoms with Crippen LogP contribution in [0.2, 0.25) is 5.02 Å². The Labute approximate surface area is 196 Å². The van der Waals surface area contributed by atoms with Gasteiger partial charge >= 0.3 is 0 Å². The van der Waals surface area contributed by atoms with Crippen LogP contribution in [0.3, 0.4) is 0 Å². The Morgan fingerprint density at radius 1 is 1.12 bits per heavy atom. The molecule has 0 bridgehead atoms. The van der Waals surface area contributed by atoms with Crippen molar-refractivity contribution in [3.8, 4) is 0 Å². The molecule has 1 aromatic heterocycles. The van der Waals surface area contributed by atoms with E-state index in [1.165, 1.54) is 27.3 Å². The van der Waals surface area contributed by atoms with Gasteiger partial charge in [0.2, 0.25) is 5.03 Å². The number of aryl methyl sites for hydroxylation is 1. The number of halogens is 2. The molecule has 2 aromatic carbocycles. The molecule has 0 atom stereocenters. The molecule has 0 aliphatic carbocycles. The minimum Gasteiger partial charge on any atom is -0.369 e. The number of sulfonamides is 1. The zero-order valence-electron chi connectivity index (χ0n) is 17.9. The zero-order chi connectivity index (χ0) is 23.6. The Morgan fingerprint density at radius 3 is 2.48 bits per heavy atom. The third kappa shape index (κ3) is 5.18. The minimum absolute atomic E-state index is 0.0307. The molecule has 3 aromatic rings. The molecule has 1 amide bonds. The van der Waals surface area contributed by atoms with Crippen molar-refractivity contribution in [2.75, 3.05) is 31.1 Å². The summed E-state index contributed by atoms with van der Waals surface area (Å²) >= 11 is 6.07. The number of carbonyl (C=O) groups excluding carboxylic acids is 1. The van der Waals surface area contributed by atoms with E-state index in [4.69, 9.17) is 11.6 Å². The molecule has 1 fully saturated rings. The van der Waals surface area contributed by atoms with Gasteiger partial charge in [-0.25, -0.2) is 12.8 Å². The lowest BCUT2D eigenvalue weighted by atomic mass is 10.2. The van der Waals surface area contributed by atoms with Gasteiger partial charge < -0.3 is 10.2 Å². The number of piperazine rings is 1. The highest BCUT2D eigenvalue weighted by molar-refractivity contribution is 7.89. The van der Waals surface area contributed by atoms with E-state index in [9.17, 15) is 17.6 Å². The number of anilines is 1. The molecule has 8 nitrogen and oxygen atoms in total. The van der Waals surface area contributed by atoms with Crippen LogP contribution in [-0.2, 0) is 23.6 Å². The van der Waals surface area contributed by atoms with Crippen LogP contribution in [-0.4, -0.2) is 54.6 Å². The number of nitrogens with zero attached hydrogens (tertiary/aromatic N) is 4. The second-order valence-corrected chi connectivity index (χ2v) is 9.99. The highest BCUT2D eigenvalue weighted by Gasteiger charge is 2.34. The predicted molar refractivity (Wildman–Crippen MR) is 123 cm³/mol. The topological polar surface area (TPSA) is 87.5 Å². The monoisotopic (exact) mass is 491 g/mol. The summed E-state index contributed by atoms with van der Waals surface area (Å²) in [5, 5.41) is 7.10. The Morgan fingerprint density at radius 2 is 1.82 bits per heavy atom. The Hall–Kier alpha value is -2.95. The minimum atomic E-state index is -3.98. The lowest BCUT2D eigenvalue weighted by Crippen LogP contribution is -2.49. The number of amides is 1. The maximum absolute atomic E-state index is 13.3. The summed E-state index contributed by atoms with van der Waals surface area (Å²) in [6, 6.07) is 13.1. The van der Waals surface area contributed by atoms with Gasteiger partial charge in [-0.2, -0.15) is 9.40 Å².